The van der Waals surface area contributed by atoms with E-state index in [2.05, 4.69) is 0 Å². The van der Waals surface area contributed by atoms with Crippen LogP contribution < -0.4 is 0 Å². The summed E-state index contributed by atoms with van der Waals surface area (Å²) in [5, 5.41) is 22.5. The number of carbonyl (C=O) groups excluding carboxylic acids is 1. The summed E-state index contributed by atoms with van der Waals surface area (Å²) in [4.78, 5) is 31.8. The van der Waals surface area contributed by atoms with Gasteiger partial charge in [0.25, 0.3) is 11.4 Å². The van der Waals surface area contributed by atoms with Crippen LogP contribution in [0.15, 0.2) is 88.7 Å². The lowest BCUT2D eigenvalue weighted by molar-refractivity contribution is -0.388. The van der Waals surface area contributed by atoms with Gasteiger partial charge in [-0.3, -0.25) is 28.6 Å². The van der Waals surface area contributed by atoms with Crippen molar-refractivity contribution >= 4 is 37.6 Å². The fourth-order valence-corrected chi connectivity index (χ4v) is 5.51. The number of nitrogens with zero attached hydrogens (tertiary/aromatic N) is 2. The lowest BCUT2D eigenvalue weighted by Gasteiger charge is -2.17. The molecule has 14 nitrogen and oxygen atoms in total. The van der Waals surface area contributed by atoms with Crippen LogP contribution in [0.3, 0.4) is 0 Å². The molecule has 0 aliphatic heterocycles. The number of esters is 1. The predicted molar refractivity (Wildman–Crippen MR) is 132 cm³/mol. The number of para-hydroxylation sites is 2. The largest absolute Gasteiger partial charge is 0.459 e. The van der Waals surface area contributed by atoms with Gasteiger partial charge in [0.1, 0.15) is 6.61 Å². The molecule has 0 radical (unpaired) electrons. The summed E-state index contributed by atoms with van der Waals surface area (Å²) in [6.07, 6.45) is -2.70. The fourth-order valence-electron chi connectivity index (χ4n) is 3.20. The summed E-state index contributed by atoms with van der Waals surface area (Å²) in [6, 6.07) is 16.9. The third-order valence-corrected chi connectivity index (χ3v) is 7.74. The number of benzene rings is 3. The molecular weight excluding hydrogens is 560 g/mol. The van der Waals surface area contributed by atoms with Crippen molar-refractivity contribution < 1.29 is 44.6 Å². The van der Waals surface area contributed by atoms with Crippen molar-refractivity contribution in [1.29, 1.82) is 0 Å². The topological polar surface area (TPSA) is 199 Å². The molecule has 0 saturated heterocycles. The molecule has 3 aromatic carbocycles. The first kappa shape index (κ1) is 29.3. The summed E-state index contributed by atoms with van der Waals surface area (Å²) in [5.41, 5.74) is -1.03. The average Bonchev–Trinajstić information content (AvgIpc) is 2.91. The van der Waals surface area contributed by atoms with Gasteiger partial charge in [-0.25, -0.2) is 4.79 Å². The van der Waals surface area contributed by atoms with E-state index in [4.69, 9.17) is 13.1 Å². The minimum atomic E-state index is -4.94. The van der Waals surface area contributed by atoms with Gasteiger partial charge in [0, 0.05) is 18.6 Å². The van der Waals surface area contributed by atoms with E-state index < -0.39 is 76.3 Å². The highest BCUT2D eigenvalue weighted by Gasteiger charge is 2.34. The maximum absolute atomic E-state index is 12.9. The Balaban J connectivity index is 1.83. The second-order valence-electron chi connectivity index (χ2n) is 7.65. The van der Waals surface area contributed by atoms with Crippen molar-refractivity contribution in [2.24, 2.45) is 0 Å². The third-order valence-electron chi connectivity index (χ3n) is 5.01. The van der Waals surface area contributed by atoms with Crippen molar-refractivity contribution in [3.05, 3.63) is 105 Å². The van der Waals surface area contributed by atoms with Crippen LogP contribution >= 0.6 is 0 Å². The van der Waals surface area contributed by atoms with E-state index in [0.717, 1.165) is 24.3 Å². The van der Waals surface area contributed by atoms with Crippen LogP contribution in [-0.2, 0) is 44.7 Å². The highest BCUT2D eigenvalue weighted by atomic mass is 32.2. The van der Waals surface area contributed by atoms with E-state index in [-0.39, 0.29) is 6.61 Å². The standard InChI is InChI=1S/C23H20N2O12S2/c26-23(35-16-17-8-2-1-3-9-17)20(37-39(33,34)22-13-7-5-11-19(22)25(29)30)14-15-36-38(31,32)21-12-6-4-10-18(21)24(27)28/h1-13,20H,14-16H2. The molecule has 0 N–H and O–H groups in total. The van der Waals surface area contributed by atoms with E-state index in [9.17, 15) is 41.9 Å². The molecule has 1 atom stereocenters. The van der Waals surface area contributed by atoms with E-state index in [0.29, 0.717) is 5.56 Å². The second-order valence-corrected chi connectivity index (χ2v) is 10.8. The van der Waals surface area contributed by atoms with Gasteiger partial charge >= 0.3 is 26.2 Å². The smallest absolute Gasteiger partial charge is 0.337 e. The second kappa shape index (κ2) is 12.5. The van der Waals surface area contributed by atoms with Crippen LogP contribution in [0.2, 0.25) is 0 Å². The maximum Gasteiger partial charge on any atom is 0.337 e. The first-order chi connectivity index (χ1) is 18.4. The molecule has 16 heteroatoms. The molecule has 0 aliphatic carbocycles. The summed E-state index contributed by atoms with van der Waals surface area (Å²) in [5.74, 6) is -1.23. The van der Waals surface area contributed by atoms with Crippen LogP contribution in [0.4, 0.5) is 11.4 Å². The Morgan fingerprint density at radius 3 is 1.77 bits per heavy atom. The highest BCUT2D eigenvalue weighted by molar-refractivity contribution is 7.87. The number of carbonyl (C=O) groups is 1. The van der Waals surface area contributed by atoms with E-state index in [1.807, 2.05) is 0 Å². The molecule has 0 bridgehead atoms. The molecule has 0 aromatic heterocycles. The fraction of sp³-hybridized carbons (Fsp3) is 0.174. The first-order valence-corrected chi connectivity index (χ1v) is 13.7. The molecule has 0 spiro atoms. The summed E-state index contributed by atoms with van der Waals surface area (Å²) >= 11 is 0. The van der Waals surface area contributed by atoms with Gasteiger partial charge in [-0.1, -0.05) is 54.6 Å². The minimum Gasteiger partial charge on any atom is -0.459 e. The van der Waals surface area contributed by atoms with Crippen molar-refractivity contribution in [3.63, 3.8) is 0 Å². The van der Waals surface area contributed by atoms with Crippen LogP contribution in [0.1, 0.15) is 12.0 Å². The number of hydrogen-bond donors (Lipinski definition) is 0. The van der Waals surface area contributed by atoms with Crippen molar-refractivity contribution in [1.82, 2.24) is 0 Å². The molecule has 0 amide bonds. The monoisotopic (exact) mass is 580 g/mol. The Hall–Kier alpha value is -4.25. The summed E-state index contributed by atoms with van der Waals surface area (Å²) < 4.78 is 65.8. The van der Waals surface area contributed by atoms with E-state index >= 15 is 0 Å². The Kier molecular flexibility index (Phi) is 9.42. The molecule has 0 saturated carbocycles. The van der Waals surface area contributed by atoms with Gasteiger partial charge in [0.15, 0.2) is 15.9 Å². The molecule has 39 heavy (non-hydrogen) atoms. The number of hydrogen-bond acceptors (Lipinski definition) is 12. The van der Waals surface area contributed by atoms with Gasteiger partial charge < -0.3 is 4.74 Å². The van der Waals surface area contributed by atoms with Gasteiger partial charge in [0.05, 0.1) is 16.5 Å². The van der Waals surface area contributed by atoms with Crippen LogP contribution in [0, 0.1) is 20.2 Å². The molecule has 0 heterocycles. The predicted octanol–water partition coefficient (Wildman–Crippen LogP) is 3.12. The van der Waals surface area contributed by atoms with Crippen LogP contribution in [0.5, 0.6) is 0 Å². The molecule has 1 unspecified atom stereocenters. The van der Waals surface area contributed by atoms with Crippen LogP contribution in [-0.4, -0.2) is 45.4 Å². The van der Waals surface area contributed by atoms with Gasteiger partial charge in [0.2, 0.25) is 0 Å². The Morgan fingerprint density at radius 2 is 1.23 bits per heavy atom. The Labute approximate surface area is 222 Å². The lowest BCUT2D eigenvalue weighted by atomic mass is 10.2. The number of ether oxygens (including phenoxy) is 1. The van der Waals surface area contributed by atoms with E-state index in [1.165, 1.54) is 24.3 Å². The first-order valence-electron chi connectivity index (χ1n) is 10.9. The lowest BCUT2D eigenvalue weighted by Crippen LogP contribution is -2.31. The third kappa shape index (κ3) is 7.64. The molecule has 0 aliphatic rings. The summed E-state index contributed by atoms with van der Waals surface area (Å²) in [7, 11) is -9.65. The quantitative estimate of drug-likeness (QED) is 0.124. The molecule has 206 valence electrons. The van der Waals surface area contributed by atoms with Gasteiger partial charge in [-0.15, -0.1) is 0 Å². The van der Waals surface area contributed by atoms with Crippen molar-refractivity contribution in [3.8, 4) is 0 Å². The number of rotatable bonds is 13. The Morgan fingerprint density at radius 1 is 0.744 bits per heavy atom. The Bertz CT molecular complexity index is 1580. The number of nitro groups is 2. The molecule has 3 rings (SSSR count). The molecule has 0 fully saturated rings. The average molecular weight is 581 g/mol. The molecular formula is C23H20N2O12S2. The van der Waals surface area contributed by atoms with Crippen molar-refractivity contribution in [2.45, 2.75) is 28.9 Å². The normalized spacial score (nSPS) is 12.4. The van der Waals surface area contributed by atoms with Crippen molar-refractivity contribution in [2.75, 3.05) is 6.61 Å². The van der Waals surface area contributed by atoms with E-state index in [1.54, 1.807) is 30.3 Å². The number of nitro benzene ring substituents is 2. The maximum atomic E-state index is 12.9. The SMILES string of the molecule is O=C(OCc1ccccc1)C(CCOS(=O)(=O)c1ccccc1[N+](=O)[O-])OS(=O)(=O)c1ccccc1[N+](=O)[O-]. The zero-order valence-electron chi connectivity index (χ0n) is 19.8. The zero-order chi connectivity index (χ0) is 28.6. The van der Waals surface area contributed by atoms with Gasteiger partial charge in [-0.2, -0.15) is 16.8 Å². The van der Waals surface area contributed by atoms with Gasteiger partial charge in [-0.05, 0) is 17.7 Å². The summed E-state index contributed by atoms with van der Waals surface area (Å²) in [6.45, 7) is -1.15. The van der Waals surface area contributed by atoms with Crippen LogP contribution in [0.25, 0.3) is 0 Å². The molecule has 3 aromatic rings. The highest BCUT2D eigenvalue weighted by Crippen LogP contribution is 2.27. The zero-order valence-corrected chi connectivity index (χ0v) is 21.4. The minimum absolute atomic E-state index is 0.291.